The van der Waals surface area contributed by atoms with E-state index < -0.39 is 20.0 Å². The molecule has 0 aliphatic carbocycles. The average molecular weight is 1290 g/mol. The van der Waals surface area contributed by atoms with Crippen LogP contribution in [0.2, 0.25) is 0 Å². The first-order valence-electron chi connectivity index (χ1n) is 40.0. The van der Waals surface area contributed by atoms with E-state index in [9.17, 15) is 19.4 Å². The first kappa shape index (κ1) is 88.5. The smallest absolute Gasteiger partial charge is 0.391 e. The van der Waals surface area contributed by atoms with Crippen LogP contribution in [-0.4, -0.2) is 73.4 Å². The summed E-state index contributed by atoms with van der Waals surface area (Å²) in [6, 6.07) is -0.761. The molecule has 0 aliphatic rings. The molecule has 1 amide bonds. The number of hydrogen-bond acceptors (Lipinski definition) is 5. The van der Waals surface area contributed by atoms with Crippen LogP contribution in [0.25, 0.3) is 0 Å². The van der Waals surface area contributed by atoms with Gasteiger partial charge in [0, 0.05) is 6.42 Å². The molecule has 0 aliphatic heterocycles. The number of allylic oxidation sites excluding steroid dienone is 8. The van der Waals surface area contributed by atoms with Crippen LogP contribution in [0, 0.1) is 0 Å². The lowest BCUT2D eigenvalue weighted by Crippen LogP contribution is -2.46. The highest BCUT2D eigenvalue weighted by Crippen LogP contribution is 2.43. The van der Waals surface area contributed by atoms with Crippen molar-refractivity contribution in [1.82, 2.24) is 5.32 Å². The Balaban J connectivity index is 3.87. The van der Waals surface area contributed by atoms with Crippen molar-refractivity contribution in [3.05, 3.63) is 48.6 Å². The molecule has 532 valence electrons. The number of carbonyl (C=O) groups excluding carboxylic acids is 1. The van der Waals surface area contributed by atoms with E-state index in [0.717, 1.165) is 64.2 Å². The first-order valence-corrected chi connectivity index (χ1v) is 41.5. The van der Waals surface area contributed by atoms with Gasteiger partial charge in [-0.3, -0.25) is 13.8 Å². The Morgan fingerprint density at radius 3 is 0.978 bits per heavy atom. The molecule has 3 N–H and O–H groups in total. The maximum atomic E-state index is 13.1. The number of aliphatic hydroxyl groups excluding tert-OH is 1. The minimum absolute atomic E-state index is 0.0775. The number of aliphatic hydroxyl groups is 1. The Labute approximate surface area is 562 Å². The Hall–Kier alpha value is -1.54. The van der Waals surface area contributed by atoms with Crippen LogP contribution in [0.3, 0.4) is 0 Å². The molecule has 0 bridgehead atoms. The van der Waals surface area contributed by atoms with E-state index in [-0.39, 0.29) is 19.1 Å². The largest absolute Gasteiger partial charge is 0.472 e. The third kappa shape index (κ3) is 73.9. The average Bonchev–Trinajstić information content (AvgIpc) is 3.09. The Bertz CT molecular complexity index is 1610. The Kier molecular flexibility index (Phi) is 70.5. The molecule has 0 heterocycles. The summed E-state index contributed by atoms with van der Waals surface area (Å²) in [4.78, 5) is 23.5. The predicted octanol–water partition coefficient (Wildman–Crippen LogP) is 26.1. The lowest BCUT2D eigenvalue weighted by Gasteiger charge is -2.26. The lowest BCUT2D eigenvalue weighted by atomic mass is 10.0. The van der Waals surface area contributed by atoms with Crippen LogP contribution in [0.5, 0.6) is 0 Å². The lowest BCUT2D eigenvalue weighted by molar-refractivity contribution is -0.870. The van der Waals surface area contributed by atoms with E-state index in [1.54, 1.807) is 0 Å². The van der Waals surface area contributed by atoms with Gasteiger partial charge in [0.1, 0.15) is 13.2 Å². The molecule has 0 saturated carbocycles. The zero-order valence-corrected chi connectivity index (χ0v) is 62.1. The van der Waals surface area contributed by atoms with E-state index in [4.69, 9.17) is 9.05 Å². The second kappa shape index (κ2) is 71.7. The second-order valence-corrected chi connectivity index (χ2v) is 30.2. The molecule has 0 rings (SSSR count). The van der Waals surface area contributed by atoms with Gasteiger partial charge in [-0.2, -0.15) is 0 Å². The fraction of sp³-hybridized carbons (Fsp3) is 0.889. The molecule has 3 unspecified atom stereocenters. The van der Waals surface area contributed by atoms with Crippen molar-refractivity contribution < 1.29 is 32.9 Å². The molecule has 8 nitrogen and oxygen atoms in total. The van der Waals surface area contributed by atoms with Crippen LogP contribution in [0.15, 0.2) is 48.6 Å². The summed E-state index contributed by atoms with van der Waals surface area (Å²) in [5, 5.41) is 14.2. The zero-order valence-electron chi connectivity index (χ0n) is 61.2. The molecular weight excluding hydrogens is 1130 g/mol. The van der Waals surface area contributed by atoms with Crippen LogP contribution >= 0.6 is 7.82 Å². The molecule has 0 saturated heterocycles. The third-order valence-corrected chi connectivity index (χ3v) is 19.6. The standard InChI is InChI=1S/C81H157N2O6P/c1-6-8-10-12-14-16-18-20-22-24-26-28-30-32-34-35-36-37-38-39-40-41-42-43-44-45-46-47-49-51-53-55-57-59-61-63-65-67-69-71-73-75-81(85)82-79(78-89-90(86,87)88-77-76-83(3,4)5)80(84)74-72-70-68-66-64-62-60-58-56-54-52-50-48-33-31-29-27-25-23-21-19-17-15-13-11-9-7-2/h8,10,14,16,20,22,26,28,79-80,84H,6-7,9,11-13,15,17-19,21,23-25,27,29-78H2,1-5H3,(H-,82,85,86,87)/p+1/b10-8-,16-14-,22-20-,28-26-. The van der Waals surface area contributed by atoms with E-state index in [1.807, 2.05) is 21.1 Å². The fourth-order valence-corrected chi connectivity index (χ4v) is 13.2. The van der Waals surface area contributed by atoms with E-state index in [2.05, 4.69) is 67.8 Å². The normalized spacial score (nSPS) is 13.7. The minimum atomic E-state index is -4.33. The number of nitrogens with zero attached hydrogens (tertiary/aromatic N) is 1. The highest BCUT2D eigenvalue weighted by Gasteiger charge is 2.28. The number of phosphoric ester groups is 1. The summed E-state index contributed by atoms with van der Waals surface area (Å²) in [5.41, 5.74) is 0. The highest BCUT2D eigenvalue weighted by atomic mass is 31.2. The van der Waals surface area contributed by atoms with Crippen LogP contribution in [0.1, 0.15) is 412 Å². The first-order chi connectivity index (χ1) is 44.0. The zero-order chi connectivity index (χ0) is 65.5. The number of amides is 1. The van der Waals surface area contributed by atoms with Gasteiger partial charge in [-0.25, -0.2) is 4.57 Å². The summed E-state index contributed by atoms with van der Waals surface area (Å²) >= 11 is 0. The van der Waals surface area contributed by atoms with Gasteiger partial charge >= 0.3 is 7.82 Å². The molecule has 3 atom stereocenters. The molecule has 0 aromatic carbocycles. The fourth-order valence-electron chi connectivity index (χ4n) is 12.5. The number of rotatable bonds is 75. The van der Waals surface area contributed by atoms with Crippen molar-refractivity contribution in [2.45, 2.75) is 424 Å². The summed E-state index contributed by atoms with van der Waals surface area (Å²) < 4.78 is 24.0. The number of likely N-dealkylation sites (N-methyl/N-ethyl adjacent to an activating group) is 1. The van der Waals surface area contributed by atoms with E-state index in [1.165, 1.54) is 321 Å². The molecule has 90 heavy (non-hydrogen) atoms. The maximum Gasteiger partial charge on any atom is 0.472 e. The van der Waals surface area contributed by atoms with Gasteiger partial charge in [-0.1, -0.05) is 403 Å². The molecule has 0 spiro atoms. The molecule has 0 aromatic heterocycles. The summed E-state index contributed by atoms with van der Waals surface area (Å²) in [6.07, 6.45) is 98.4. The predicted molar refractivity (Wildman–Crippen MR) is 397 cm³/mol. The van der Waals surface area contributed by atoms with Crippen molar-refractivity contribution in [2.75, 3.05) is 40.9 Å². The third-order valence-electron chi connectivity index (χ3n) is 18.6. The SMILES string of the molecule is CC/C=C\C/C=C\C/C=C\C/C=C\CCCCCCCCCCCCCCCCCCCCCCCCCCCCCCC(=O)NC(COP(=O)(O)OCC[N+](C)(C)C)C(O)CCCCCCCCCCCCCCCCCCCCCCCCCCCCC. The quantitative estimate of drug-likeness (QED) is 0.0243. The van der Waals surface area contributed by atoms with Crippen LogP contribution in [0.4, 0.5) is 0 Å². The topological polar surface area (TPSA) is 105 Å². The van der Waals surface area contributed by atoms with Crippen molar-refractivity contribution in [2.24, 2.45) is 0 Å². The number of hydrogen-bond donors (Lipinski definition) is 3. The second-order valence-electron chi connectivity index (χ2n) is 28.8. The Morgan fingerprint density at radius 1 is 0.389 bits per heavy atom. The maximum absolute atomic E-state index is 13.1. The minimum Gasteiger partial charge on any atom is -0.391 e. The molecule has 0 aromatic rings. The molecule has 9 heteroatoms. The Morgan fingerprint density at radius 2 is 0.667 bits per heavy atom. The number of unbranched alkanes of at least 4 members (excludes halogenated alkanes) is 54. The monoisotopic (exact) mass is 1290 g/mol. The van der Waals surface area contributed by atoms with Gasteiger partial charge in [-0.15, -0.1) is 0 Å². The molecule has 0 radical (unpaired) electrons. The van der Waals surface area contributed by atoms with Crippen molar-refractivity contribution in [3.8, 4) is 0 Å². The van der Waals surface area contributed by atoms with E-state index in [0.29, 0.717) is 23.9 Å². The van der Waals surface area contributed by atoms with Gasteiger partial charge in [0.25, 0.3) is 0 Å². The van der Waals surface area contributed by atoms with Gasteiger partial charge in [0.05, 0.1) is 39.9 Å². The summed E-state index contributed by atoms with van der Waals surface area (Å²) in [5.74, 6) is -0.134. The van der Waals surface area contributed by atoms with Gasteiger partial charge in [0.2, 0.25) is 5.91 Å². The summed E-state index contributed by atoms with van der Waals surface area (Å²) in [6.45, 7) is 4.84. The molecular formula is C81H158N2O6P+. The van der Waals surface area contributed by atoms with Crippen LogP contribution in [-0.2, 0) is 18.4 Å². The van der Waals surface area contributed by atoms with E-state index >= 15 is 0 Å². The number of carbonyl (C=O) groups is 1. The highest BCUT2D eigenvalue weighted by molar-refractivity contribution is 7.47. The molecule has 0 fully saturated rings. The van der Waals surface area contributed by atoms with Crippen molar-refractivity contribution >= 4 is 13.7 Å². The van der Waals surface area contributed by atoms with Crippen LogP contribution < -0.4 is 5.32 Å². The van der Waals surface area contributed by atoms with Crippen molar-refractivity contribution in [1.29, 1.82) is 0 Å². The number of phosphoric acid groups is 1. The van der Waals surface area contributed by atoms with Gasteiger partial charge in [0.15, 0.2) is 0 Å². The van der Waals surface area contributed by atoms with Gasteiger partial charge in [-0.05, 0) is 51.4 Å². The number of nitrogens with one attached hydrogen (secondary N) is 1. The number of quaternary nitrogens is 1. The van der Waals surface area contributed by atoms with Crippen molar-refractivity contribution in [3.63, 3.8) is 0 Å². The summed E-state index contributed by atoms with van der Waals surface area (Å²) in [7, 11) is 1.64. The van der Waals surface area contributed by atoms with Gasteiger partial charge < -0.3 is 19.8 Å².